The molecule has 0 aromatic carbocycles. The molecule has 0 aromatic rings. The van der Waals surface area contributed by atoms with Crippen molar-refractivity contribution in [1.29, 1.82) is 0 Å². The Bertz CT molecular complexity index is 1470. The maximum atomic E-state index is 13.1. The SMILES string of the molecule is CC/C=C\C/C=C\C/C=C\C/C=C\C/C=C\C/C=C\CCCCCCC(=O)NC(COC1OC(CO)C(O)C(O)C1O)C(O)/C=C/CCCCCCCCCCCCCCCCCCCCCCCCCCCCCC. The lowest BCUT2D eigenvalue weighted by molar-refractivity contribution is -0.302. The summed E-state index contributed by atoms with van der Waals surface area (Å²) in [5.74, 6) is -0.201. The molecule has 0 spiro atoms. The van der Waals surface area contributed by atoms with Gasteiger partial charge >= 0.3 is 0 Å². The highest BCUT2D eigenvalue weighted by atomic mass is 16.7. The van der Waals surface area contributed by atoms with Gasteiger partial charge in [0.1, 0.15) is 24.4 Å². The number of hydrogen-bond donors (Lipinski definition) is 6. The molecule has 76 heavy (non-hydrogen) atoms. The number of carbonyl (C=O) groups is 1. The van der Waals surface area contributed by atoms with Gasteiger partial charge in [-0.25, -0.2) is 0 Å². The van der Waals surface area contributed by atoms with Crippen molar-refractivity contribution in [2.45, 2.75) is 320 Å². The zero-order chi connectivity index (χ0) is 55.0. The number of aliphatic hydroxyl groups is 5. The van der Waals surface area contributed by atoms with E-state index in [0.29, 0.717) is 6.42 Å². The van der Waals surface area contributed by atoms with Crippen LogP contribution in [0.5, 0.6) is 0 Å². The Morgan fingerprint density at radius 3 is 1.21 bits per heavy atom. The molecule has 1 saturated heterocycles. The summed E-state index contributed by atoms with van der Waals surface area (Å²) in [6, 6.07) is -0.826. The van der Waals surface area contributed by atoms with Gasteiger partial charge in [-0.1, -0.05) is 285 Å². The topological polar surface area (TPSA) is 149 Å². The van der Waals surface area contributed by atoms with Crippen LogP contribution in [0.3, 0.4) is 0 Å². The summed E-state index contributed by atoms with van der Waals surface area (Å²) in [7, 11) is 0. The Morgan fingerprint density at radius 2 is 0.816 bits per heavy atom. The normalized spacial score (nSPS) is 19.4. The van der Waals surface area contributed by atoms with Crippen LogP contribution in [-0.4, -0.2) is 87.5 Å². The molecule has 1 heterocycles. The van der Waals surface area contributed by atoms with Crippen molar-refractivity contribution in [1.82, 2.24) is 5.32 Å². The minimum atomic E-state index is -1.58. The smallest absolute Gasteiger partial charge is 0.220 e. The van der Waals surface area contributed by atoms with Crippen molar-refractivity contribution >= 4 is 5.91 Å². The Morgan fingerprint density at radius 1 is 0.461 bits per heavy atom. The third kappa shape index (κ3) is 44.2. The number of aliphatic hydroxyl groups excluding tert-OH is 5. The highest BCUT2D eigenvalue weighted by molar-refractivity contribution is 5.76. The molecule has 0 saturated carbocycles. The summed E-state index contributed by atoms with van der Waals surface area (Å²) in [6.07, 6.45) is 72.4. The fraction of sp³-hybridized carbons (Fsp3) is 0.776. The van der Waals surface area contributed by atoms with Crippen LogP contribution in [0.25, 0.3) is 0 Å². The molecule has 1 rings (SSSR count). The monoisotopic (exact) mass is 1070 g/mol. The molecule has 0 radical (unpaired) electrons. The molecule has 0 bridgehead atoms. The zero-order valence-corrected chi connectivity index (χ0v) is 49.0. The van der Waals surface area contributed by atoms with Crippen LogP contribution in [0.2, 0.25) is 0 Å². The van der Waals surface area contributed by atoms with Gasteiger partial charge in [0.15, 0.2) is 6.29 Å². The van der Waals surface area contributed by atoms with Gasteiger partial charge in [0, 0.05) is 6.42 Å². The van der Waals surface area contributed by atoms with Crippen LogP contribution >= 0.6 is 0 Å². The van der Waals surface area contributed by atoms with E-state index in [9.17, 15) is 30.3 Å². The number of nitrogens with one attached hydrogen (secondary N) is 1. The molecule has 1 fully saturated rings. The van der Waals surface area contributed by atoms with Gasteiger partial charge in [0.25, 0.3) is 0 Å². The Labute approximate surface area is 467 Å². The van der Waals surface area contributed by atoms with E-state index in [-0.39, 0.29) is 12.5 Å². The summed E-state index contributed by atoms with van der Waals surface area (Å²) >= 11 is 0. The van der Waals surface area contributed by atoms with Crippen molar-refractivity contribution in [3.05, 3.63) is 85.1 Å². The first kappa shape index (κ1) is 71.4. The molecule has 9 nitrogen and oxygen atoms in total. The Balaban J connectivity index is 2.20. The summed E-state index contributed by atoms with van der Waals surface area (Å²) < 4.78 is 11.3. The van der Waals surface area contributed by atoms with E-state index in [1.54, 1.807) is 6.08 Å². The largest absolute Gasteiger partial charge is 0.394 e. The predicted octanol–water partition coefficient (Wildman–Crippen LogP) is 16.6. The van der Waals surface area contributed by atoms with Crippen molar-refractivity contribution in [3.8, 4) is 0 Å². The number of unbranched alkanes of at least 4 members (excludes halogenated alkanes) is 32. The minimum absolute atomic E-state index is 0.201. The molecule has 0 aliphatic carbocycles. The van der Waals surface area contributed by atoms with Crippen LogP contribution in [0, 0.1) is 0 Å². The maximum absolute atomic E-state index is 13.1. The van der Waals surface area contributed by atoms with E-state index in [0.717, 1.165) is 89.9 Å². The van der Waals surface area contributed by atoms with Crippen LogP contribution in [0.1, 0.15) is 277 Å². The standard InChI is InChI=1S/C67H119NO8/c1-3-5-7-9-11-13-15-17-19-21-23-25-27-28-29-30-31-32-33-35-36-38-40-42-44-46-48-50-52-54-56-61(70)60(59-75-67-66(74)65(73)64(72)62(58-69)76-67)68-63(71)57-55-53-51-49-47-45-43-41-39-37-34-26-24-22-20-18-16-14-12-10-8-6-4-2/h6,8,12,14,18,20,24,26,37,39,43,45,54,56,60-62,64-67,69-70,72-74H,3-5,7,9-11,13,15-17,19,21-23,25,27-36,38,40-42,44,46-53,55,57-59H2,1-2H3,(H,68,71)/b8-6-,14-12-,20-18-,26-24-,39-37-,45-43-,56-54+. The molecule has 440 valence electrons. The van der Waals surface area contributed by atoms with E-state index >= 15 is 0 Å². The predicted molar refractivity (Wildman–Crippen MR) is 322 cm³/mol. The number of rotatable bonds is 54. The van der Waals surface area contributed by atoms with E-state index in [2.05, 4.69) is 92.1 Å². The quantitative estimate of drug-likeness (QED) is 0.0261. The van der Waals surface area contributed by atoms with Crippen molar-refractivity contribution < 1.29 is 39.8 Å². The molecule has 7 unspecified atom stereocenters. The fourth-order valence-corrected chi connectivity index (χ4v) is 9.75. The first-order valence-electron chi connectivity index (χ1n) is 31.8. The molecular weight excluding hydrogens is 947 g/mol. The first-order chi connectivity index (χ1) is 37.3. The van der Waals surface area contributed by atoms with Crippen molar-refractivity contribution in [3.63, 3.8) is 0 Å². The van der Waals surface area contributed by atoms with Crippen LogP contribution in [0.4, 0.5) is 0 Å². The van der Waals surface area contributed by atoms with Crippen LogP contribution < -0.4 is 5.32 Å². The molecule has 1 aliphatic heterocycles. The highest BCUT2D eigenvalue weighted by Crippen LogP contribution is 2.23. The third-order valence-corrected chi connectivity index (χ3v) is 14.7. The lowest BCUT2D eigenvalue weighted by atomic mass is 9.99. The van der Waals surface area contributed by atoms with E-state index in [1.807, 2.05) is 6.08 Å². The Kier molecular flexibility index (Phi) is 52.3. The second kappa shape index (κ2) is 55.7. The molecule has 6 N–H and O–H groups in total. The average molecular weight is 1070 g/mol. The van der Waals surface area contributed by atoms with Crippen LogP contribution in [-0.2, 0) is 14.3 Å². The number of carbonyl (C=O) groups excluding carboxylic acids is 1. The molecule has 1 aliphatic rings. The number of amides is 1. The van der Waals surface area contributed by atoms with Crippen molar-refractivity contribution in [2.24, 2.45) is 0 Å². The van der Waals surface area contributed by atoms with Crippen molar-refractivity contribution in [2.75, 3.05) is 13.2 Å². The molecule has 7 atom stereocenters. The van der Waals surface area contributed by atoms with Crippen LogP contribution in [0.15, 0.2) is 85.1 Å². The summed E-state index contributed by atoms with van der Waals surface area (Å²) in [5.41, 5.74) is 0. The highest BCUT2D eigenvalue weighted by Gasteiger charge is 2.44. The number of hydrogen-bond acceptors (Lipinski definition) is 8. The molecule has 9 heteroatoms. The van der Waals surface area contributed by atoms with Gasteiger partial charge in [0.05, 0.1) is 25.4 Å². The molecule has 0 aromatic heterocycles. The molecule has 1 amide bonds. The first-order valence-corrected chi connectivity index (χ1v) is 31.8. The lowest BCUT2D eigenvalue weighted by Gasteiger charge is -2.40. The second-order valence-electron chi connectivity index (χ2n) is 21.8. The van der Waals surface area contributed by atoms with Gasteiger partial charge in [0.2, 0.25) is 5.91 Å². The third-order valence-electron chi connectivity index (χ3n) is 14.7. The average Bonchev–Trinajstić information content (AvgIpc) is 3.42. The number of allylic oxidation sites excluding steroid dienone is 13. The van der Waals surface area contributed by atoms with E-state index in [1.165, 1.54) is 167 Å². The Hall–Kier alpha value is -2.63. The van der Waals surface area contributed by atoms with Gasteiger partial charge in [-0.3, -0.25) is 4.79 Å². The van der Waals surface area contributed by atoms with E-state index in [4.69, 9.17) is 9.47 Å². The maximum Gasteiger partial charge on any atom is 0.220 e. The summed E-state index contributed by atoms with van der Waals surface area (Å²) in [5, 5.41) is 54.6. The lowest BCUT2D eigenvalue weighted by Crippen LogP contribution is -2.60. The molecular formula is C67H119NO8. The van der Waals surface area contributed by atoms with Gasteiger partial charge in [-0.2, -0.15) is 0 Å². The van der Waals surface area contributed by atoms with Gasteiger partial charge < -0.3 is 40.3 Å². The summed E-state index contributed by atoms with van der Waals surface area (Å²) in [4.78, 5) is 13.1. The minimum Gasteiger partial charge on any atom is -0.394 e. The number of ether oxygens (including phenoxy) is 2. The zero-order valence-electron chi connectivity index (χ0n) is 49.0. The van der Waals surface area contributed by atoms with Gasteiger partial charge in [-0.15, -0.1) is 0 Å². The fourth-order valence-electron chi connectivity index (χ4n) is 9.75. The summed E-state index contributed by atoms with van der Waals surface area (Å²) in [6.45, 7) is 3.67. The van der Waals surface area contributed by atoms with Gasteiger partial charge in [-0.05, 0) is 70.6 Å². The second-order valence-corrected chi connectivity index (χ2v) is 21.8. The van der Waals surface area contributed by atoms with E-state index < -0.39 is 49.5 Å².